The van der Waals surface area contributed by atoms with Gasteiger partial charge >= 0.3 is 12.1 Å². The second-order valence-corrected chi connectivity index (χ2v) is 9.73. The van der Waals surface area contributed by atoms with Crippen molar-refractivity contribution in [2.75, 3.05) is 0 Å². The Morgan fingerprint density at radius 1 is 1.12 bits per heavy atom. The molecule has 4 rings (SSSR count). The van der Waals surface area contributed by atoms with E-state index in [9.17, 15) is 23.1 Å². The first-order valence-corrected chi connectivity index (χ1v) is 11.3. The molecule has 2 fully saturated rings. The Hall–Kier alpha value is -2.34. The summed E-state index contributed by atoms with van der Waals surface area (Å²) in [5.74, 6) is -0.331. The van der Waals surface area contributed by atoms with E-state index in [1.807, 2.05) is 0 Å². The lowest BCUT2D eigenvalue weighted by Gasteiger charge is -2.48. The van der Waals surface area contributed by atoms with Crippen LogP contribution in [0.3, 0.4) is 0 Å². The highest BCUT2D eigenvalue weighted by atomic mass is 19.4. The van der Waals surface area contributed by atoms with Crippen LogP contribution in [-0.4, -0.2) is 22.0 Å². The molecule has 0 radical (unpaired) electrons. The molecule has 0 aliphatic carbocycles. The standard InChI is InChI=1S/C26H30F3NO2/c1-17(2)20-5-3-18(4-6-20)16-30-23-11-12-25(30,15-19(13-23)14-24(31)32)21-7-9-22(10-8-21)26(27,28)29/h3-10,17,19,23H,11-16H2,1-2H3,(H,31,32). The number of nitrogens with zero attached hydrogens (tertiary/aromatic N) is 1. The highest BCUT2D eigenvalue weighted by molar-refractivity contribution is 5.67. The first-order valence-electron chi connectivity index (χ1n) is 11.3. The summed E-state index contributed by atoms with van der Waals surface area (Å²) >= 11 is 0. The third-order valence-corrected chi connectivity index (χ3v) is 7.33. The SMILES string of the molecule is CC(C)c1ccc(CN2C3CCC2(c2ccc(C(F)(F)F)cc2)CC(CC(=O)O)C3)cc1. The van der Waals surface area contributed by atoms with Crippen LogP contribution in [0.5, 0.6) is 0 Å². The normalized spacial score (nSPS) is 25.9. The van der Waals surface area contributed by atoms with Crippen molar-refractivity contribution in [1.82, 2.24) is 4.90 Å². The monoisotopic (exact) mass is 445 g/mol. The predicted molar refractivity (Wildman–Crippen MR) is 117 cm³/mol. The Morgan fingerprint density at radius 2 is 1.78 bits per heavy atom. The van der Waals surface area contributed by atoms with Crippen LogP contribution in [-0.2, 0) is 23.1 Å². The second-order valence-electron chi connectivity index (χ2n) is 9.73. The Balaban J connectivity index is 1.67. The van der Waals surface area contributed by atoms with Gasteiger partial charge in [0.15, 0.2) is 0 Å². The lowest BCUT2D eigenvalue weighted by molar-refractivity contribution is -0.139. The average molecular weight is 446 g/mol. The first-order chi connectivity index (χ1) is 15.1. The van der Waals surface area contributed by atoms with Gasteiger partial charge in [0.05, 0.1) is 5.56 Å². The van der Waals surface area contributed by atoms with Crippen LogP contribution < -0.4 is 0 Å². The Bertz CT molecular complexity index is 953. The predicted octanol–water partition coefficient (Wildman–Crippen LogP) is 6.57. The molecule has 2 bridgehead atoms. The minimum absolute atomic E-state index is 0.0295. The van der Waals surface area contributed by atoms with Gasteiger partial charge in [-0.15, -0.1) is 0 Å². The molecule has 3 atom stereocenters. The number of hydrogen-bond donors (Lipinski definition) is 1. The summed E-state index contributed by atoms with van der Waals surface area (Å²) in [6.07, 6.45) is -1.02. The maximum absolute atomic E-state index is 13.1. The summed E-state index contributed by atoms with van der Waals surface area (Å²) in [5, 5.41) is 9.37. The molecule has 2 aliphatic heterocycles. The molecule has 0 saturated carbocycles. The van der Waals surface area contributed by atoms with E-state index in [4.69, 9.17) is 0 Å². The fourth-order valence-electron chi connectivity index (χ4n) is 5.75. The van der Waals surface area contributed by atoms with Crippen molar-refractivity contribution < 1.29 is 23.1 Å². The Kier molecular flexibility index (Phi) is 6.10. The highest BCUT2D eigenvalue weighted by Crippen LogP contribution is 2.54. The molecule has 2 aliphatic rings. The molecule has 6 heteroatoms. The van der Waals surface area contributed by atoms with Crippen molar-refractivity contribution in [3.63, 3.8) is 0 Å². The third kappa shape index (κ3) is 4.42. The summed E-state index contributed by atoms with van der Waals surface area (Å²) in [4.78, 5) is 13.8. The van der Waals surface area contributed by atoms with Gasteiger partial charge in [0.25, 0.3) is 0 Å². The second kappa shape index (κ2) is 8.54. The molecule has 1 N–H and O–H groups in total. The first kappa shape index (κ1) is 22.8. The lowest BCUT2D eigenvalue weighted by atomic mass is 9.75. The van der Waals surface area contributed by atoms with E-state index < -0.39 is 23.2 Å². The molecule has 2 aromatic carbocycles. The summed E-state index contributed by atoms with van der Waals surface area (Å²) in [6, 6.07) is 14.3. The molecule has 2 aromatic rings. The van der Waals surface area contributed by atoms with Gasteiger partial charge in [-0.05, 0) is 66.3 Å². The van der Waals surface area contributed by atoms with Gasteiger partial charge in [0, 0.05) is 24.5 Å². The topological polar surface area (TPSA) is 40.5 Å². The van der Waals surface area contributed by atoms with Crippen molar-refractivity contribution in [3.05, 3.63) is 70.8 Å². The Morgan fingerprint density at radius 3 is 2.34 bits per heavy atom. The van der Waals surface area contributed by atoms with E-state index in [0.29, 0.717) is 18.9 Å². The van der Waals surface area contributed by atoms with Crippen LogP contribution in [0.25, 0.3) is 0 Å². The number of hydrogen-bond acceptors (Lipinski definition) is 2. The minimum atomic E-state index is -4.37. The van der Waals surface area contributed by atoms with Crippen molar-refractivity contribution in [2.24, 2.45) is 5.92 Å². The average Bonchev–Trinajstić information content (AvgIpc) is 2.93. The van der Waals surface area contributed by atoms with Crippen molar-refractivity contribution >= 4 is 5.97 Å². The quantitative estimate of drug-likeness (QED) is 0.546. The number of halogens is 3. The number of aliphatic carboxylic acids is 1. The van der Waals surface area contributed by atoms with Gasteiger partial charge in [-0.25, -0.2) is 0 Å². The minimum Gasteiger partial charge on any atom is -0.481 e. The number of carboxylic acid groups (broad SMARTS) is 1. The molecular formula is C26H30F3NO2. The molecule has 0 amide bonds. The number of alkyl halides is 3. The highest BCUT2D eigenvalue weighted by Gasteiger charge is 2.52. The summed E-state index contributed by atoms with van der Waals surface area (Å²) in [7, 11) is 0. The summed E-state index contributed by atoms with van der Waals surface area (Å²) in [5.41, 5.74) is 2.23. The molecular weight excluding hydrogens is 415 g/mol. The lowest BCUT2D eigenvalue weighted by Crippen LogP contribution is -2.50. The van der Waals surface area contributed by atoms with Gasteiger partial charge in [0.2, 0.25) is 0 Å². The van der Waals surface area contributed by atoms with E-state index in [2.05, 4.69) is 43.0 Å². The molecule has 3 nitrogen and oxygen atoms in total. The maximum atomic E-state index is 13.1. The zero-order valence-electron chi connectivity index (χ0n) is 18.5. The van der Waals surface area contributed by atoms with E-state index >= 15 is 0 Å². The van der Waals surface area contributed by atoms with Gasteiger partial charge in [-0.3, -0.25) is 9.69 Å². The summed E-state index contributed by atoms with van der Waals surface area (Å²) < 4.78 is 39.4. The molecule has 3 unspecified atom stereocenters. The largest absolute Gasteiger partial charge is 0.481 e. The molecule has 172 valence electrons. The Labute approximate surface area is 187 Å². The van der Waals surface area contributed by atoms with Gasteiger partial charge < -0.3 is 5.11 Å². The molecule has 2 heterocycles. The van der Waals surface area contributed by atoms with Crippen LogP contribution in [0.4, 0.5) is 13.2 Å². The van der Waals surface area contributed by atoms with E-state index in [0.717, 1.165) is 37.0 Å². The number of piperidine rings is 1. The number of fused-ring (bicyclic) bond motifs is 2. The van der Waals surface area contributed by atoms with Crippen LogP contribution in [0, 0.1) is 5.92 Å². The fraction of sp³-hybridized carbons (Fsp3) is 0.500. The molecule has 0 aromatic heterocycles. The van der Waals surface area contributed by atoms with E-state index in [1.165, 1.54) is 11.1 Å². The van der Waals surface area contributed by atoms with Crippen LogP contribution in [0.2, 0.25) is 0 Å². The van der Waals surface area contributed by atoms with Crippen LogP contribution in [0.1, 0.15) is 74.1 Å². The summed E-state index contributed by atoms with van der Waals surface area (Å²) in [6.45, 7) is 5.02. The van der Waals surface area contributed by atoms with Crippen LogP contribution >= 0.6 is 0 Å². The van der Waals surface area contributed by atoms with Crippen LogP contribution in [0.15, 0.2) is 48.5 Å². The van der Waals surface area contributed by atoms with E-state index in [-0.39, 0.29) is 18.4 Å². The molecule has 2 saturated heterocycles. The number of carboxylic acids is 1. The molecule has 0 spiro atoms. The van der Waals surface area contributed by atoms with Crippen molar-refractivity contribution in [3.8, 4) is 0 Å². The maximum Gasteiger partial charge on any atom is 0.416 e. The van der Waals surface area contributed by atoms with Gasteiger partial charge in [-0.2, -0.15) is 13.2 Å². The van der Waals surface area contributed by atoms with Crippen molar-refractivity contribution in [1.29, 1.82) is 0 Å². The van der Waals surface area contributed by atoms with Gasteiger partial charge in [0.1, 0.15) is 0 Å². The molecule has 32 heavy (non-hydrogen) atoms. The zero-order chi connectivity index (χ0) is 23.1. The van der Waals surface area contributed by atoms with Crippen molar-refractivity contribution in [2.45, 2.75) is 76.2 Å². The van der Waals surface area contributed by atoms with Gasteiger partial charge in [-0.1, -0.05) is 50.2 Å². The number of carbonyl (C=O) groups is 1. The number of rotatable bonds is 6. The zero-order valence-corrected chi connectivity index (χ0v) is 18.5. The number of benzene rings is 2. The van der Waals surface area contributed by atoms with E-state index in [1.54, 1.807) is 12.1 Å². The smallest absolute Gasteiger partial charge is 0.416 e. The fourth-order valence-corrected chi connectivity index (χ4v) is 5.75. The third-order valence-electron chi connectivity index (χ3n) is 7.33.